The van der Waals surface area contributed by atoms with E-state index in [0.717, 1.165) is 75.6 Å². The molecule has 2 N–H and O–H groups in total. The molecule has 0 saturated carbocycles. The van der Waals surface area contributed by atoms with Crippen LogP contribution in [0.4, 0.5) is 0 Å². The molecular weight excluding hydrogens is 1400 g/mol. The van der Waals surface area contributed by atoms with Gasteiger partial charge in [0.05, 0.1) is 0 Å². The van der Waals surface area contributed by atoms with Crippen LogP contribution in [0.1, 0.15) is 0 Å². The number of furan rings is 2. The predicted molar refractivity (Wildman–Crippen MR) is 470 cm³/mol. The number of hydrogen-bond acceptors (Lipinski definition) is 4. The summed E-state index contributed by atoms with van der Waals surface area (Å²) in [5, 5.41) is 43.6. The van der Waals surface area contributed by atoms with Crippen molar-refractivity contribution < 1.29 is 18.9 Å². The Morgan fingerprint density at radius 1 is 0.182 bits per heavy atom. The van der Waals surface area contributed by atoms with Gasteiger partial charge in [0, 0.05) is 26.0 Å². The van der Waals surface area contributed by atoms with Crippen LogP contribution in [0.25, 0.3) is 208 Å². The molecule has 0 atom stereocenters. The molecule has 0 fully saturated rings. The van der Waals surface area contributed by atoms with Gasteiger partial charge in [0.25, 0.3) is 0 Å². The maximum atomic E-state index is 10.2. The van der Waals surface area contributed by atoms with Gasteiger partial charge in [0.2, 0.25) is 0 Å². The zero-order valence-corrected chi connectivity index (χ0v) is 61.2. The van der Waals surface area contributed by atoms with Gasteiger partial charge >= 0.3 is 7.12 Å². The smallest absolute Gasteiger partial charge is 0.456 e. The van der Waals surface area contributed by atoms with E-state index < -0.39 is 7.12 Å². The number of fused-ring (bicyclic) bond motifs is 14. The van der Waals surface area contributed by atoms with Crippen LogP contribution in [-0.4, -0.2) is 17.2 Å². The molecule has 0 radical (unpaired) electrons. The molecule has 0 amide bonds. The Kier molecular flexibility index (Phi) is 16.6. The molecule has 4 nitrogen and oxygen atoms in total. The highest BCUT2D eigenvalue weighted by atomic mass is 79.9. The average Bonchev–Trinajstić information content (AvgIpc) is 1.08. The van der Waals surface area contributed by atoms with Crippen LogP contribution < -0.4 is 5.46 Å². The van der Waals surface area contributed by atoms with E-state index >= 15 is 0 Å². The van der Waals surface area contributed by atoms with Crippen LogP contribution in [0.15, 0.2) is 402 Å². The number of benzene rings is 20. The summed E-state index contributed by atoms with van der Waals surface area (Å²) in [5.41, 5.74) is 21.0. The molecule has 2 heterocycles. The highest BCUT2D eigenvalue weighted by molar-refractivity contribution is 9.10. The topological polar surface area (TPSA) is 66.7 Å². The van der Waals surface area contributed by atoms with E-state index in [-0.39, 0.29) is 0 Å². The fourth-order valence-electron chi connectivity index (χ4n) is 16.7. The van der Waals surface area contributed by atoms with Gasteiger partial charge in [-0.25, -0.2) is 0 Å². The highest BCUT2D eigenvalue weighted by Crippen LogP contribution is 2.46. The van der Waals surface area contributed by atoms with Crippen molar-refractivity contribution in [1.29, 1.82) is 0 Å². The molecule has 0 aliphatic rings. The Bertz CT molecular complexity index is 7250. The van der Waals surface area contributed by atoms with Crippen LogP contribution in [0.2, 0.25) is 0 Å². The van der Waals surface area contributed by atoms with Gasteiger partial charge in [-0.15, -0.1) is 0 Å². The molecule has 110 heavy (non-hydrogen) atoms. The van der Waals surface area contributed by atoms with Crippen molar-refractivity contribution in [3.8, 4) is 77.9 Å². The molecule has 0 aliphatic heterocycles. The fourth-order valence-corrected chi connectivity index (χ4v) is 16.9. The van der Waals surface area contributed by atoms with Crippen molar-refractivity contribution in [2.75, 3.05) is 0 Å². The minimum Gasteiger partial charge on any atom is -0.456 e. The molecular formula is C104H66BBrO4. The second-order valence-electron chi connectivity index (χ2n) is 28.5. The first-order valence-corrected chi connectivity index (χ1v) is 38.0. The summed E-state index contributed by atoms with van der Waals surface area (Å²) in [6, 6.07) is 138. The molecule has 6 heteroatoms. The minimum atomic E-state index is -1.54. The van der Waals surface area contributed by atoms with Crippen LogP contribution in [-0.2, 0) is 0 Å². The lowest BCUT2D eigenvalue weighted by Crippen LogP contribution is -2.31. The third-order valence-electron chi connectivity index (χ3n) is 22.0. The Hall–Kier alpha value is -13.5. The normalized spacial score (nSPS) is 11.6. The number of rotatable bonds is 8. The quantitative estimate of drug-likeness (QED) is 0.118. The van der Waals surface area contributed by atoms with E-state index in [0.29, 0.717) is 5.46 Å². The number of hydrogen-bond donors (Lipinski definition) is 2. The van der Waals surface area contributed by atoms with Crippen molar-refractivity contribution in [3.05, 3.63) is 393 Å². The van der Waals surface area contributed by atoms with E-state index in [4.69, 9.17) is 8.83 Å². The largest absolute Gasteiger partial charge is 0.489 e. The lowest BCUT2D eigenvalue weighted by atomic mass is 9.72. The van der Waals surface area contributed by atoms with Crippen LogP contribution >= 0.6 is 15.9 Å². The van der Waals surface area contributed by atoms with Crippen LogP contribution in [0, 0.1) is 0 Å². The van der Waals surface area contributed by atoms with Gasteiger partial charge in [-0.3, -0.25) is 0 Å². The summed E-state index contributed by atoms with van der Waals surface area (Å²) in [4.78, 5) is 0. The monoisotopic (exact) mass is 1470 g/mol. The van der Waals surface area contributed by atoms with Gasteiger partial charge < -0.3 is 18.9 Å². The summed E-state index contributed by atoms with van der Waals surface area (Å²) in [7, 11) is -1.54. The van der Waals surface area contributed by atoms with E-state index in [1.807, 2.05) is 36.4 Å². The van der Waals surface area contributed by atoms with Crippen molar-refractivity contribution in [1.82, 2.24) is 0 Å². The van der Waals surface area contributed by atoms with E-state index in [9.17, 15) is 10.0 Å². The molecule has 0 bridgehead atoms. The first-order valence-electron chi connectivity index (χ1n) is 37.2. The summed E-state index contributed by atoms with van der Waals surface area (Å²) in [5.74, 6) is 0. The second-order valence-corrected chi connectivity index (χ2v) is 29.4. The summed E-state index contributed by atoms with van der Waals surface area (Å²) >= 11 is 3.49. The minimum absolute atomic E-state index is 0.553. The maximum absolute atomic E-state index is 10.2. The third-order valence-corrected chi connectivity index (χ3v) is 22.6. The lowest BCUT2D eigenvalue weighted by Gasteiger charge is -2.18. The van der Waals surface area contributed by atoms with Crippen molar-refractivity contribution >= 4 is 159 Å². The maximum Gasteiger partial charge on any atom is 0.489 e. The molecule has 22 rings (SSSR count). The standard InChI is InChI=1S/C52H32O.C30H21BO2.C22H13BrO/c1-2-10-38-29-41(26-21-33(38)9-1)34-17-22-36(23-18-34)51-43-13-5-7-15-45(43)52(46-16-8-6-14-44(46)51)37-24-19-35(20-25-37)42-27-28-49-47(31-42)48-30-39-11-3-4-12-40(39)32-50(48)53-49;32-31(33)30-27-11-5-3-9-25(27)29(26-10-4-6-12-28(26)30)22-16-13-21(14-17-22)24-18-15-20-7-1-2-8-23(20)19-24;23-18-8-5-14(6-9-18)17-7-10-21-19(12-17)20-11-15-3-1-2-4-16(15)13-22(20)24-21/h1-32H;1-19,32-33H;1-13H. The zero-order valence-electron chi connectivity index (χ0n) is 59.6. The molecule has 0 spiro atoms. The summed E-state index contributed by atoms with van der Waals surface area (Å²) in [6.45, 7) is 0. The Balaban J connectivity index is 0.000000118. The lowest BCUT2D eigenvalue weighted by molar-refractivity contribution is 0.426. The fraction of sp³-hybridized carbons (Fsp3) is 0. The summed E-state index contributed by atoms with van der Waals surface area (Å²) in [6.07, 6.45) is 0. The van der Waals surface area contributed by atoms with Gasteiger partial charge in [-0.1, -0.05) is 331 Å². The van der Waals surface area contributed by atoms with E-state index in [1.165, 1.54) is 137 Å². The molecule has 0 unspecified atom stereocenters. The Morgan fingerprint density at radius 2 is 0.418 bits per heavy atom. The molecule has 0 saturated heterocycles. The van der Waals surface area contributed by atoms with Gasteiger partial charge in [-0.2, -0.15) is 0 Å². The van der Waals surface area contributed by atoms with Gasteiger partial charge in [0.1, 0.15) is 22.3 Å². The van der Waals surface area contributed by atoms with Crippen LogP contribution in [0.5, 0.6) is 0 Å². The average molecular weight is 1470 g/mol. The van der Waals surface area contributed by atoms with Gasteiger partial charge in [-0.05, 0) is 242 Å². The molecule has 2 aromatic heterocycles. The molecule has 22 aromatic rings. The summed E-state index contributed by atoms with van der Waals surface area (Å²) < 4.78 is 13.4. The van der Waals surface area contributed by atoms with Gasteiger partial charge in [0.15, 0.2) is 0 Å². The SMILES string of the molecule is Brc1ccc(-c2ccc3oc4cc5ccccc5cc4c3c2)cc1.OB(O)c1c2ccccc2c(-c2ccc(-c3ccc4ccccc4c3)cc2)c2ccccc12.c1ccc2cc(-c3ccc(-c4c5ccccc5c(-c5ccc(-c6ccc7oc8cc9ccccc9cc8c7c6)cc5)c5ccccc45)cc3)ccc2c1. The first kappa shape index (κ1) is 66.0. The highest BCUT2D eigenvalue weighted by Gasteiger charge is 2.24. The Labute approximate surface area is 643 Å². The number of halogens is 1. The molecule has 516 valence electrons. The van der Waals surface area contributed by atoms with Crippen molar-refractivity contribution in [2.24, 2.45) is 0 Å². The van der Waals surface area contributed by atoms with Crippen molar-refractivity contribution in [2.45, 2.75) is 0 Å². The Morgan fingerprint density at radius 3 is 0.755 bits per heavy atom. The van der Waals surface area contributed by atoms with E-state index in [1.54, 1.807) is 0 Å². The van der Waals surface area contributed by atoms with Crippen LogP contribution in [0.3, 0.4) is 0 Å². The zero-order chi connectivity index (χ0) is 73.3. The predicted octanol–water partition coefficient (Wildman–Crippen LogP) is 28.2. The van der Waals surface area contributed by atoms with E-state index in [2.05, 4.69) is 368 Å². The second kappa shape index (κ2) is 27.7. The molecule has 20 aromatic carbocycles. The molecule has 0 aliphatic carbocycles. The van der Waals surface area contributed by atoms with Crippen molar-refractivity contribution in [3.63, 3.8) is 0 Å². The first-order chi connectivity index (χ1) is 54.2. The third kappa shape index (κ3) is 12.0.